The summed E-state index contributed by atoms with van der Waals surface area (Å²) >= 11 is 0. The number of nitrogens with zero attached hydrogens (tertiary/aromatic N) is 4. The smallest absolute Gasteiger partial charge is 0.252 e. The normalized spacial score (nSPS) is 16.5. The molecule has 6 nitrogen and oxygen atoms in total. The standard InChI is InChI=1S/C19H29N5O/c1-13-6-10-24(11-7-13)9-5-8-20-19(25)16-12-14(2)21-18-17(16)15(3)22-23(18)4/h12-13H,5-11H2,1-4H3,(H,20,25). The second-order valence-corrected chi connectivity index (χ2v) is 7.35. The van der Waals surface area contributed by atoms with E-state index >= 15 is 0 Å². The molecule has 6 heteroatoms. The molecular formula is C19H29N5O. The van der Waals surface area contributed by atoms with E-state index in [4.69, 9.17) is 0 Å². The Morgan fingerprint density at radius 3 is 2.76 bits per heavy atom. The summed E-state index contributed by atoms with van der Waals surface area (Å²) in [4.78, 5) is 19.7. The molecule has 0 aromatic carbocycles. The van der Waals surface area contributed by atoms with Crippen molar-refractivity contribution in [2.75, 3.05) is 26.2 Å². The van der Waals surface area contributed by atoms with Crippen molar-refractivity contribution in [2.45, 2.75) is 40.0 Å². The number of carbonyl (C=O) groups is 1. The monoisotopic (exact) mass is 343 g/mol. The molecule has 2 aromatic heterocycles. The van der Waals surface area contributed by atoms with E-state index in [9.17, 15) is 4.79 Å². The summed E-state index contributed by atoms with van der Waals surface area (Å²) in [6.45, 7) is 10.3. The molecule has 3 heterocycles. The lowest BCUT2D eigenvalue weighted by Gasteiger charge is -2.30. The number of aromatic nitrogens is 3. The Bertz CT molecular complexity index is 759. The molecule has 1 amide bonds. The number of rotatable bonds is 5. The van der Waals surface area contributed by atoms with Crippen LogP contribution in [0.5, 0.6) is 0 Å². The minimum Gasteiger partial charge on any atom is -0.352 e. The fourth-order valence-corrected chi connectivity index (χ4v) is 3.63. The Morgan fingerprint density at radius 1 is 1.32 bits per heavy atom. The summed E-state index contributed by atoms with van der Waals surface area (Å²) in [5, 5.41) is 8.34. The number of nitrogens with one attached hydrogen (secondary N) is 1. The lowest BCUT2D eigenvalue weighted by atomic mass is 9.99. The number of carbonyl (C=O) groups excluding carboxylic acids is 1. The van der Waals surface area contributed by atoms with E-state index < -0.39 is 0 Å². The van der Waals surface area contributed by atoms with Crippen molar-refractivity contribution in [3.05, 3.63) is 23.0 Å². The van der Waals surface area contributed by atoms with Crippen LogP contribution in [-0.4, -0.2) is 51.8 Å². The van der Waals surface area contributed by atoms with Crippen LogP contribution in [0.15, 0.2) is 6.07 Å². The Hall–Kier alpha value is -1.95. The molecule has 0 atom stereocenters. The van der Waals surface area contributed by atoms with Gasteiger partial charge in [-0.25, -0.2) is 4.98 Å². The van der Waals surface area contributed by atoms with Crippen molar-refractivity contribution in [3.63, 3.8) is 0 Å². The van der Waals surface area contributed by atoms with Gasteiger partial charge in [0.25, 0.3) is 5.91 Å². The van der Waals surface area contributed by atoms with E-state index in [1.165, 1.54) is 25.9 Å². The van der Waals surface area contributed by atoms with Crippen molar-refractivity contribution < 1.29 is 4.79 Å². The van der Waals surface area contributed by atoms with E-state index in [2.05, 4.69) is 27.2 Å². The topological polar surface area (TPSA) is 63.1 Å². The Balaban J connectivity index is 1.59. The van der Waals surface area contributed by atoms with E-state index in [0.717, 1.165) is 41.3 Å². The Labute approximate surface area is 149 Å². The molecular weight excluding hydrogens is 314 g/mol. The van der Waals surface area contributed by atoms with E-state index in [1.807, 2.05) is 27.0 Å². The van der Waals surface area contributed by atoms with E-state index in [0.29, 0.717) is 12.1 Å². The number of pyridine rings is 1. The van der Waals surface area contributed by atoms with Crippen LogP contribution in [0.2, 0.25) is 0 Å². The van der Waals surface area contributed by atoms with Gasteiger partial charge in [0.15, 0.2) is 5.65 Å². The highest BCUT2D eigenvalue weighted by atomic mass is 16.1. The maximum Gasteiger partial charge on any atom is 0.252 e. The number of hydrogen-bond acceptors (Lipinski definition) is 4. The number of amides is 1. The fourth-order valence-electron chi connectivity index (χ4n) is 3.63. The van der Waals surface area contributed by atoms with Crippen molar-refractivity contribution in [2.24, 2.45) is 13.0 Å². The van der Waals surface area contributed by atoms with Gasteiger partial charge < -0.3 is 10.2 Å². The molecule has 0 spiro atoms. The molecule has 1 aliphatic heterocycles. The predicted octanol–water partition coefficient (Wildman–Crippen LogP) is 2.44. The van der Waals surface area contributed by atoms with Gasteiger partial charge in [0, 0.05) is 19.3 Å². The molecule has 1 saturated heterocycles. The molecule has 0 saturated carbocycles. The maximum atomic E-state index is 12.7. The third-order valence-electron chi connectivity index (χ3n) is 5.15. The molecule has 25 heavy (non-hydrogen) atoms. The molecule has 1 aliphatic rings. The molecule has 1 N–H and O–H groups in total. The highest BCUT2D eigenvalue weighted by Gasteiger charge is 2.18. The number of likely N-dealkylation sites (tertiary alicyclic amines) is 1. The second-order valence-electron chi connectivity index (χ2n) is 7.35. The van der Waals surface area contributed by atoms with Gasteiger partial charge in [-0.05, 0) is 64.7 Å². The zero-order valence-corrected chi connectivity index (χ0v) is 15.8. The zero-order chi connectivity index (χ0) is 18.0. The fraction of sp³-hybridized carbons (Fsp3) is 0.632. The summed E-state index contributed by atoms with van der Waals surface area (Å²) in [5.41, 5.74) is 3.13. The Morgan fingerprint density at radius 2 is 2.04 bits per heavy atom. The third kappa shape index (κ3) is 4.00. The molecule has 0 bridgehead atoms. The second kappa shape index (κ2) is 7.52. The van der Waals surface area contributed by atoms with Crippen LogP contribution in [0.3, 0.4) is 0 Å². The first-order valence-corrected chi connectivity index (χ1v) is 9.27. The van der Waals surface area contributed by atoms with Crippen LogP contribution in [0, 0.1) is 19.8 Å². The summed E-state index contributed by atoms with van der Waals surface area (Å²) in [6, 6.07) is 1.86. The highest BCUT2D eigenvalue weighted by molar-refractivity contribution is 6.06. The number of hydrogen-bond donors (Lipinski definition) is 1. The van der Waals surface area contributed by atoms with E-state index in [-0.39, 0.29) is 5.91 Å². The van der Waals surface area contributed by atoms with Gasteiger partial charge in [0.2, 0.25) is 0 Å². The van der Waals surface area contributed by atoms with E-state index in [1.54, 1.807) is 4.68 Å². The predicted molar refractivity (Wildman–Crippen MR) is 99.8 cm³/mol. The zero-order valence-electron chi connectivity index (χ0n) is 15.8. The maximum absolute atomic E-state index is 12.7. The summed E-state index contributed by atoms with van der Waals surface area (Å²) in [5.74, 6) is 0.829. The lowest BCUT2D eigenvalue weighted by molar-refractivity contribution is 0.0952. The van der Waals surface area contributed by atoms with Gasteiger partial charge in [-0.3, -0.25) is 9.48 Å². The summed E-state index contributed by atoms with van der Waals surface area (Å²) in [6.07, 6.45) is 3.57. The van der Waals surface area contributed by atoms with Crippen LogP contribution in [-0.2, 0) is 7.05 Å². The van der Waals surface area contributed by atoms with Gasteiger partial charge >= 0.3 is 0 Å². The molecule has 136 valence electrons. The minimum absolute atomic E-state index is 0.0288. The first kappa shape index (κ1) is 17.9. The van der Waals surface area contributed by atoms with Crippen molar-refractivity contribution >= 4 is 16.9 Å². The van der Waals surface area contributed by atoms with Crippen LogP contribution in [0.1, 0.15) is 47.9 Å². The van der Waals surface area contributed by atoms with Gasteiger partial charge in [0.1, 0.15) is 0 Å². The molecule has 0 unspecified atom stereocenters. The Kier molecular flexibility index (Phi) is 5.37. The molecule has 0 radical (unpaired) electrons. The highest BCUT2D eigenvalue weighted by Crippen LogP contribution is 2.21. The van der Waals surface area contributed by atoms with Crippen molar-refractivity contribution in [1.29, 1.82) is 0 Å². The number of fused-ring (bicyclic) bond motifs is 1. The lowest BCUT2D eigenvalue weighted by Crippen LogP contribution is -2.35. The largest absolute Gasteiger partial charge is 0.352 e. The quantitative estimate of drug-likeness (QED) is 0.847. The van der Waals surface area contributed by atoms with Crippen LogP contribution < -0.4 is 5.32 Å². The number of piperidine rings is 1. The average Bonchev–Trinajstić information content (AvgIpc) is 2.86. The molecule has 1 fully saturated rings. The van der Waals surface area contributed by atoms with Gasteiger partial charge in [-0.2, -0.15) is 5.10 Å². The average molecular weight is 343 g/mol. The van der Waals surface area contributed by atoms with Crippen molar-refractivity contribution in [1.82, 2.24) is 25.0 Å². The minimum atomic E-state index is -0.0288. The van der Waals surface area contributed by atoms with Crippen molar-refractivity contribution in [3.8, 4) is 0 Å². The van der Waals surface area contributed by atoms with Crippen LogP contribution in [0.4, 0.5) is 0 Å². The third-order valence-corrected chi connectivity index (χ3v) is 5.15. The molecule has 0 aliphatic carbocycles. The molecule has 3 rings (SSSR count). The summed E-state index contributed by atoms with van der Waals surface area (Å²) < 4.78 is 1.74. The van der Waals surface area contributed by atoms with Gasteiger partial charge in [-0.15, -0.1) is 0 Å². The SMILES string of the molecule is Cc1cc(C(=O)NCCCN2CCC(C)CC2)c2c(C)nn(C)c2n1. The van der Waals surface area contributed by atoms with Crippen LogP contribution in [0.25, 0.3) is 11.0 Å². The molecule has 2 aromatic rings. The summed E-state index contributed by atoms with van der Waals surface area (Å²) in [7, 11) is 1.86. The van der Waals surface area contributed by atoms with Gasteiger partial charge in [-0.1, -0.05) is 6.92 Å². The first-order chi connectivity index (χ1) is 12.0. The van der Waals surface area contributed by atoms with Gasteiger partial charge in [0.05, 0.1) is 16.6 Å². The first-order valence-electron chi connectivity index (χ1n) is 9.27. The number of aryl methyl sites for hydroxylation is 3. The van der Waals surface area contributed by atoms with Crippen LogP contribution >= 0.6 is 0 Å².